The number of halogens is 1. The van der Waals surface area contributed by atoms with Crippen LogP contribution in [0.25, 0.3) is 0 Å². The summed E-state index contributed by atoms with van der Waals surface area (Å²) in [4.78, 5) is 23.8. The molecule has 0 spiro atoms. The highest BCUT2D eigenvalue weighted by Crippen LogP contribution is 2.26. The van der Waals surface area contributed by atoms with Crippen molar-refractivity contribution in [3.63, 3.8) is 0 Å². The summed E-state index contributed by atoms with van der Waals surface area (Å²) >= 11 is 5.97. The van der Waals surface area contributed by atoms with Gasteiger partial charge in [0, 0.05) is 11.8 Å². The van der Waals surface area contributed by atoms with E-state index in [4.69, 9.17) is 21.3 Å². The maximum atomic E-state index is 12.0. The van der Waals surface area contributed by atoms with Gasteiger partial charge in [-0.25, -0.2) is 14.0 Å². The van der Waals surface area contributed by atoms with Crippen LogP contribution in [0.1, 0.15) is 32.4 Å². The average molecular weight is 300 g/mol. The van der Waals surface area contributed by atoms with Crippen molar-refractivity contribution < 1.29 is 19.1 Å². The van der Waals surface area contributed by atoms with Crippen molar-refractivity contribution in [2.45, 2.75) is 32.4 Å². The van der Waals surface area contributed by atoms with Gasteiger partial charge in [0.25, 0.3) is 0 Å². The number of carbonyl (C=O) groups excluding carboxylic acids is 2. The Bertz CT molecular complexity index is 470. The normalized spacial score (nSPS) is 12.4. The van der Waals surface area contributed by atoms with Gasteiger partial charge < -0.3 is 9.47 Å². The molecule has 0 heterocycles. The molecule has 6 heteroatoms. The lowest BCUT2D eigenvalue weighted by atomic mass is 10.1. The molecule has 0 bridgehead atoms. The van der Waals surface area contributed by atoms with Crippen LogP contribution in [0.3, 0.4) is 0 Å². The Hall–Kier alpha value is -1.75. The monoisotopic (exact) mass is 299 g/mol. The molecule has 0 aromatic heterocycles. The second kappa shape index (κ2) is 6.61. The molecule has 1 rings (SSSR count). The number of amides is 1. The van der Waals surface area contributed by atoms with Crippen LogP contribution in [0.5, 0.6) is 0 Å². The van der Waals surface area contributed by atoms with Gasteiger partial charge in [-0.15, -0.1) is 0 Å². The van der Waals surface area contributed by atoms with Crippen molar-refractivity contribution >= 4 is 23.8 Å². The number of hydrogen-bond donors (Lipinski definition) is 0. The van der Waals surface area contributed by atoms with Crippen molar-refractivity contribution in [2.24, 2.45) is 0 Å². The standard InChI is InChI=1S/C14H18ClNO4/c1-14(2,3)20-13(18)16(15)11(12(17)19-4)10-8-6-5-7-9-10/h5-9,11H,1-4H3/t11-/m0/s1. The molecule has 0 N–H and O–H groups in total. The van der Waals surface area contributed by atoms with Crippen LogP contribution in [0.4, 0.5) is 4.79 Å². The van der Waals surface area contributed by atoms with Gasteiger partial charge >= 0.3 is 12.1 Å². The highest BCUT2D eigenvalue weighted by Gasteiger charge is 2.34. The first-order valence-corrected chi connectivity index (χ1v) is 6.41. The van der Waals surface area contributed by atoms with Crippen LogP contribution < -0.4 is 0 Å². The van der Waals surface area contributed by atoms with Crippen molar-refractivity contribution in [1.29, 1.82) is 0 Å². The molecule has 1 atom stereocenters. The number of nitrogens with zero attached hydrogens (tertiary/aromatic N) is 1. The lowest BCUT2D eigenvalue weighted by molar-refractivity contribution is -0.145. The van der Waals surface area contributed by atoms with Gasteiger partial charge in [-0.1, -0.05) is 30.3 Å². The Balaban J connectivity index is 3.00. The third kappa shape index (κ3) is 4.42. The van der Waals surface area contributed by atoms with Gasteiger partial charge in [-0.3, -0.25) is 0 Å². The summed E-state index contributed by atoms with van der Waals surface area (Å²) in [7, 11) is 1.23. The van der Waals surface area contributed by atoms with E-state index in [1.807, 2.05) is 0 Å². The van der Waals surface area contributed by atoms with Crippen molar-refractivity contribution in [1.82, 2.24) is 4.42 Å². The maximum Gasteiger partial charge on any atom is 0.426 e. The lowest BCUT2D eigenvalue weighted by Crippen LogP contribution is -2.37. The quantitative estimate of drug-likeness (QED) is 0.635. The summed E-state index contributed by atoms with van der Waals surface area (Å²) in [5, 5.41) is 0. The van der Waals surface area contributed by atoms with E-state index >= 15 is 0 Å². The number of rotatable bonds is 3. The van der Waals surface area contributed by atoms with E-state index in [-0.39, 0.29) is 0 Å². The molecule has 0 aliphatic heterocycles. The second-order valence-electron chi connectivity index (χ2n) is 5.13. The molecule has 0 aliphatic rings. The Labute approximate surface area is 123 Å². The number of ether oxygens (including phenoxy) is 2. The van der Waals surface area contributed by atoms with E-state index < -0.39 is 23.7 Å². The minimum absolute atomic E-state index is 0.542. The van der Waals surface area contributed by atoms with Crippen molar-refractivity contribution in [2.75, 3.05) is 7.11 Å². The predicted octanol–water partition coefficient (Wildman–Crippen LogP) is 3.29. The number of carbonyl (C=O) groups is 2. The number of methoxy groups -OCH3 is 1. The first kappa shape index (κ1) is 16.3. The molecule has 1 aromatic rings. The molecule has 0 saturated carbocycles. The maximum absolute atomic E-state index is 12.0. The highest BCUT2D eigenvalue weighted by molar-refractivity contribution is 6.21. The van der Waals surface area contributed by atoms with Gasteiger partial charge in [0.2, 0.25) is 0 Å². The molecule has 5 nitrogen and oxygen atoms in total. The van der Waals surface area contributed by atoms with Gasteiger partial charge in [0.1, 0.15) is 5.60 Å². The van der Waals surface area contributed by atoms with Crippen LogP contribution in [0, 0.1) is 0 Å². The van der Waals surface area contributed by atoms with E-state index in [0.29, 0.717) is 9.98 Å². The summed E-state index contributed by atoms with van der Waals surface area (Å²) in [6.45, 7) is 5.14. The van der Waals surface area contributed by atoms with Crippen LogP contribution in [-0.2, 0) is 14.3 Å². The van der Waals surface area contributed by atoms with E-state index in [9.17, 15) is 9.59 Å². The zero-order chi connectivity index (χ0) is 15.3. The molecular weight excluding hydrogens is 282 g/mol. The largest absolute Gasteiger partial charge is 0.467 e. The van der Waals surface area contributed by atoms with Crippen LogP contribution in [0.2, 0.25) is 0 Å². The van der Waals surface area contributed by atoms with E-state index in [1.165, 1.54) is 7.11 Å². The first-order valence-electron chi connectivity index (χ1n) is 6.07. The minimum atomic E-state index is -1.06. The smallest absolute Gasteiger partial charge is 0.426 e. The zero-order valence-corrected chi connectivity index (χ0v) is 12.7. The fourth-order valence-corrected chi connectivity index (χ4v) is 1.74. The fraction of sp³-hybridized carbons (Fsp3) is 0.429. The first-order chi connectivity index (χ1) is 9.26. The Morgan fingerprint density at radius 2 is 1.75 bits per heavy atom. The summed E-state index contributed by atoms with van der Waals surface area (Å²) in [5.41, 5.74) is -0.165. The summed E-state index contributed by atoms with van der Waals surface area (Å²) in [5.74, 6) is -0.642. The number of benzene rings is 1. The minimum Gasteiger partial charge on any atom is -0.467 e. The van der Waals surface area contributed by atoms with Gasteiger partial charge in [-0.2, -0.15) is 0 Å². The van der Waals surface area contributed by atoms with Gasteiger partial charge in [0.05, 0.1) is 7.11 Å². The van der Waals surface area contributed by atoms with Crippen LogP contribution in [-0.4, -0.2) is 29.2 Å². The lowest BCUT2D eigenvalue weighted by Gasteiger charge is -2.27. The molecule has 110 valence electrons. The zero-order valence-electron chi connectivity index (χ0n) is 11.9. The fourth-order valence-electron chi connectivity index (χ4n) is 1.52. The Morgan fingerprint density at radius 1 is 1.20 bits per heavy atom. The van der Waals surface area contributed by atoms with Gasteiger partial charge in [-0.05, 0) is 26.3 Å². The van der Waals surface area contributed by atoms with E-state index in [0.717, 1.165) is 0 Å². The van der Waals surface area contributed by atoms with Crippen molar-refractivity contribution in [3.05, 3.63) is 35.9 Å². The molecule has 0 unspecified atom stereocenters. The molecule has 0 saturated heterocycles. The van der Waals surface area contributed by atoms with E-state index in [1.54, 1.807) is 51.1 Å². The topological polar surface area (TPSA) is 55.8 Å². The predicted molar refractivity (Wildman–Crippen MR) is 75.1 cm³/mol. The Morgan fingerprint density at radius 3 is 2.20 bits per heavy atom. The third-order valence-electron chi connectivity index (χ3n) is 2.33. The third-order valence-corrected chi connectivity index (χ3v) is 2.67. The molecule has 0 aliphatic carbocycles. The molecular formula is C14H18ClNO4. The molecule has 0 radical (unpaired) electrons. The second-order valence-corrected chi connectivity index (χ2v) is 5.49. The summed E-state index contributed by atoms with van der Waals surface area (Å²) < 4.78 is 10.6. The van der Waals surface area contributed by atoms with Crippen LogP contribution >= 0.6 is 11.8 Å². The molecule has 1 amide bonds. The average Bonchev–Trinajstić information content (AvgIpc) is 2.37. The number of esters is 1. The molecule has 1 aromatic carbocycles. The number of hydrogen-bond acceptors (Lipinski definition) is 4. The van der Waals surface area contributed by atoms with Crippen molar-refractivity contribution in [3.8, 4) is 0 Å². The van der Waals surface area contributed by atoms with E-state index in [2.05, 4.69) is 0 Å². The van der Waals surface area contributed by atoms with Crippen LogP contribution in [0.15, 0.2) is 30.3 Å². The summed E-state index contributed by atoms with van der Waals surface area (Å²) in [6.07, 6.45) is -0.807. The molecule has 20 heavy (non-hydrogen) atoms. The summed E-state index contributed by atoms with van der Waals surface area (Å²) in [6, 6.07) is 7.58. The molecule has 0 fully saturated rings. The highest BCUT2D eigenvalue weighted by atomic mass is 35.5. The van der Waals surface area contributed by atoms with Gasteiger partial charge in [0.15, 0.2) is 6.04 Å². The Kier molecular flexibility index (Phi) is 5.39. The SMILES string of the molecule is COC(=O)[C@H](c1ccccc1)N(Cl)C(=O)OC(C)(C)C.